The molecule has 0 aliphatic carbocycles. The molecule has 0 aliphatic rings. The van der Waals surface area contributed by atoms with Crippen LogP contribution >= 0.6 is 0 Å². The summed E-state index contributed by atoms with van der Waals surface area (Å²) in [5.74, 6) is 0. The maximum absolute atomic E-state index is 9.41. The van der Waals surface area contributed by atoms with Crippen molar-refractivity contribution in [2.24, 2.45) is 0 Å². The van der Waals surface area contributed by atoms with Gasteiger partial charge in [-0.15, -0.1) is 0 Å². The molecule has 0 spiro atoms. The van der Waals surface area contributed by atoms with Gasteiger partial charge < -0.3 is 0 Å². The van der Waals surface area contributed by atoms with Crippen LogP contribution in [-0.4, -0.2) is 31.7 Å². The van der Waals surface area contributed by atoms with Crippen molar-refractivity contribution >= 4 is 47.5 Å². The number of benzene rings is 3. The average Bonchev–Trinajstić information content (AvgIpc) is 3.02. The Labute approximate surface area is 134 Å². The molecular formula is C18H13BO2Se. The predicted molar refractivity (Wildman–Crippen MR) is 93.7 cm³/mol. The molecule has 4 heteroatoms. The molecule has 2 N–H and O–H groups in total. The van der Waals surface area contributed by atoms with Crippen LogP contribution in [0.2, 0.25) is 0 Å². The first-order valence-corrected chi connectivity index (χ1v) is 8.82. The molecule has 0 radical (unpaired) electrons. The Morgan fingerprint density at radius 1 is 0.727 bits per heavy atom. The van der Waals surface area contributed by atoms with Crippen molar-refractivity contribution in [1.82, 2.24) is 0 Å². The van der Waals surface area contributed by atoms with Crippen LogP contribution in [0.1, 0.15) is 0 Å². The summed E-state index contributed by atoms with van der Waals surface area (Å²) >= 11 is -0.0545. The fourth-order valence-corrected chi connectivity index (χ4v) is 4.91. The van der Waals surface area contributed by atoms with Gasteiger partial charge in [0.1, 0.15) is 0 Å². The number of hydrogen-bond donors (Lipinski definition) is 2. The molecule has 0 saturated heterocycles. The van der Waals surface area contributed by atoms with Crippen molar-refractivity contribution in [3.05, 3.63) is 66.7 Å². The molecule has 0 bridgehead atoms. The van der Waals surface area contributed by atoms with Crippen LogP contribution in [-0.2, 0) is 0 Å². The van der Waals surface area contributed by atoms with Crippen LogP contribution in [0.3, 0.4) is 0 Å². The summed E-state index contributed by atoms with van der Waals surface area (Å²) in [5.41, 5.74) is 1.22. The van der Waals surface area contributed by atoms with Crippen molar-refractivity contribution in [3.8, 4) is 10.0 Å². The van der Waals surface area contributed by atoms with Gasteiger partial charge in [0.15, 0.2) is 0 Å². The van der Waals surface area contributed by atoms with Gasteiger partial charge >= 0.3 is 134 Å². The van der Waals surface area contributed by atoms with Crippen LogP contribution in [0.5, 0.6) is 0 Å². The minimum absolute atomic E-state index is 0.0545. The third-order valence-corrected chi connectivity index (χ3v) is 6.30. The Bertz CT molecular complexity index is 921. The Kier molecular flexibility index (Phi) is 3.40. The Balaban J connectivity index is 2.11. The summed E-state index contributed by atoms with van der Waals surface area (Å²) in [5, 5.41) is 23.7. The van der Waals surface area contributed by atoms with Crippen molar-refractivity contribution < 1.29 is 10.0 Å². The summed E-state index contributed by atoms with van der Waals surface area (Å²) in [4.78, 5) is 0. The Morgan fingerprint density at radius 3 is 1.86 bits per heavy atom. The Morgan fingerprint density at radius 2 is 1.32 bits per heavy atom. The molecule has 0 fully saturated rings. The van der Waals surface area contributed by atoms with E-state index in [1.807, 2.05) is 12.1 Å². The molecule has 0 atom stereocenters. The number of hydrogen-bond acceptors (Lipinski definition) is 2. The molecule has 1 aromatic heterocycles. The molecule has 4 rings (SSSR count). The zero-order valence-corrected chi connectivity index (χ0v) is 13.4. The molecular weight excluding hydrogens is 338 g/mol. The standard InChI is InChI=1S/C18H13BO2Se/c20-19(21)17-10-9-16(22-17)18-14-7-3-1-5-12(14)11-13-6-2-4-8-15(13)18/h1-11,20-21H. The fraction of sp³-hybridized carbons (Fsp3) is 0. The maximum atomic E-state index is 9.41. The second kappa shape index (κ2) is 5.42. The molecule has 0 aliphatic heterocycles. The summed E-state index contributed by atoms with van der Waals surface area (Å²) in [6.07, 6.45) is 0. The first-order chi connectivity index (χ1) is 10.7. The van der Waals surface area contributed by atoms with Crippen LogP contribution in [0, 0.1) is 0 Å². The van der Waals surface area contributed by atoms with E-state index in [4.69, 9.17) is 0 Å². The van der Waals surface area contributed by atoms with Gasteiger partial charge in [0.2, 0.25) is 0 Å². The number of fused-ring (bicyclic) bond motifs is 2. The fourth-order valence-electron chi connectivity index (χ4n) is 2.91. The Hall–Kier alpha value is -1.84. The third-order valence-electron chi connectivity index (χ3n) is 3.90. The topological polar surface area (TPSA) is 40.5 Å². The van der Waals surface area contributed by atoms with E-state index in [1.165, 1.54) is 31.5 Å². The zero-order valence-electron chi connectivity index (χ0n) is 11.7. The van der Waals surface area contributed by atoms with Crippen molar-refractivity contribution in [1.29, 1.82) is 0 Å². The van der Waals surface area contributed by atoms with Crippen LogP contribution in [0.25, 0.3) is 31.5 Å². The summed E-state index contributed by atoms with van der Waals surface area (Å²) in [7, 11) is -1.35. The second-order valence-corrected chi connectivity index (χ2v) is 7.61. The molecule has 106 valence electrons. The van der Waals surface area contributed by atoms with Gasteiger partial charge in [-0.25, -0.2) is 0 Å². The predicted octanol–water partition coefficient (Wildman–Crippen LogP) is 2.40. The quantitative estimate of drug-likeness (QED) is 0.430. The number of rotatable bonds is 2. The minimum atomic E-state index is -1.35. The van der Waals surface area contributed by atoms with E-state index < -0.39 is 7.12 Å². The molecule has 0 saturated carbocycles. The second-order valence-electron chi connectivity index (χ2n) is 5.27. The van der Waals surface area contributed by atoms with Gasteiger partial charge in [-0.1, -0.05) is 0 Å². The molecule has 4 aromatic rings. The van der Waals surface area contributed by atoms with Crippen LogP contribution in [0.4, 0.5) is 0 Å². The molecule has 2 nitrogen and oxygen atoms in total. The molecule has 3 aromatic carbocycles. The summed E-state index contributed by atoms with van der Waals surface area (Å²) in [6.45, 7) is 0. The van der Waals surface area contributed by atoms with E-state index in [9.17, 15) is 10.0 Å². The third kappa shape index (κ3) is 2.21. The van der Waals surface area contributed by atoms with Crippen LogP contribution < -0.4 is 4.34 Å². The molecule has 1 heterocycles. The molecule has 0 amide bonds. The van der Waals surface area contributed by atoms with Crippen molar-refractivity contribution in [2.75, 3.05) is 0 Å². The first-order valence-electron chi connectivity index (χ1n) is 7.11. The van der Waals surface area contributed by atoms with E-state index in [-0.39, 0.29) is 14.5 Å². The van der Waals surface area contributed by atoms with E-state index in [2.05, 4.69) is 54.6 Å². The van der Waals surface area contributed by atoms with E-state index >= 15 is 0 Å². The van der Waals surface area contributed by atoms with E-state index in [1.54, 1.807) is 0 Å². The van der Waals surface area contributed by atoms with Gasteiger partial charge in [0.05, 0.1) is 0 Å². The van der Waals surface area contributed by atoms with Gasteiger partial charge in [-0.05, 0) is 0 Å². The van der Waals surface area contributed by atoms with Gasteiger partial charge in [-0.3, -0.25) is 0 Å². The molecule has 0 unspecified atom stereocenters. The zero-order chi connectivity index (χ0) is 15.1. The SMILES string of the molecule is OB(O)c1ccc(-c2c3ccccc3cc3ccccc23)[se]1. The first kappa shape index (κ1) is 13.8. The van der Waals surface area contributed by atoms with E-state index in [0.29, 0.717) is 4.34 Å². The van der Waals surface area contributed by atoms with Crippen LogP contribution in [0.15, 0.2) is 66.7 Å². The van der Waals surface area contributed by atoms with Crippen molar-refractivity contribution in [3.63, 3.8) is 0 Å². The summed E-state index contributed by atoms with van der Waals surface area (Å²) < 4.78 is 1.91. The van der Waals surface area contributed by atoms with Gasteiger partial charge in [-0.2, -0.15) is 0 Å². The molecule has 22 heavy (non-hydrogen) atoms. The monoisotopic (exact) mass is 352 g/mol. The van der Waals surface area contributed by atoms with Gasteiger partial charge in [0, 0.05) is 0 Å². The average molecular weight is 351 g/mol. The summed E-state index contributed by atoms with van der Waals surface area (Å²) in [6, 6.07) is 22.8. The van der Waals surface area contributed by atoms with Gasteiger partial charge in [0.25, 0.3) is 0 Å². The normalized spacial score (nSPS) is 11.2. The van der Waals surface area contributed by atoms with E-state index in [0.717, 1.165) is 0 Å². The van der Waals surface area contributed by atoms with Crippen molar-refractivity contribution in [2.45, 2.75) is 0 Å².